The zero-order valence-corrected chi connectivity index (χ0v) is 28.1. The predicted molar refractivity (Wildman–Crippen MR) is 169 cm³/mol. The maximum Gasteiger partial charge on any atom is 0.459 e. The number of aliphatic hydroxyl groups is 1. The van der Waals surface area contributed by atoms with Gasteiger partial charge in [0.2, 0.25) is 11.8 Å². The number of imidazole rings is 1. The van der Waals surface area contributed by atoms with Gasteiger partial charge in [-0.05, 0) is 50.5 Å². The van der Waals surface area contributed by atoms with E-state index in [1.54, 1.807) is 37.4 Å². The number of aromatic nitrogens is 5. The number of nitrogen functional groups attached to an aromatic ring is 1. The zero-order valence-electron chi connectivity index (χ0n) is 27.2. The number of nitrogens with zero attached hydrogens (tertiary/aromatic N) is 5. The van der Waals surface area contributed by atoms with E-state index in [0.717, 1.165) is 17.8 Å². The monoisotopic (exact) mass is 693 g/mol. The standard InChI is InChI=1S/C30H38F2N7O8P/c1-7-43-23-21-22(36-27(33)37-23)39(16-35-21)26-29(6,31)25(41)30(32,46-26)15-45-48(42,38-17(2)24(40)44-14-28(3,4)5)47-20-12-8-11-19-18(20)10-9-13-34-19/h8-13,16-17,25-26,41H,7,14-15H2,1-6H3,(H,38,42)(H2,33,36,37)/t17-,25?,26+,29+,30+,48?/m0/s1. The number of halogens is 2. The SMILES string of the molecule is CCOc1nc(N)nc2c1ncn2[C@@H]1O[C@](F)(COP(=O)(N[C@@H](C)C(=O)OCC(C)(C)C)Oc2cccc3ncccc23)C(O)[C@@]1(C)F. The number of benzene rings is 1. The molecule has 1 aliphatic heterocycles. The van der Waals surface area contributed by atoms with E-state index in [4.69, 9.17) is 29.0 Å². The average Bonchev–Trinajstić information content (AvgIpc) is 3.51. The number of rotatable bonds is 12. The van der Waals surface area contributed by atoms with Crippen molar-refractivity contribution in [3.8, 4) is 11.6 Å². The minimum atomic E-state index is -4.73. The van der Waals surface area contributed by atoms with Gasteiger partial charge in [0.1, 0.15) is 18.4 Å². The van der Waals surface area contributed by atoms with E-state index in [-0.39, 0.29) is 47.4 Å². The molecule has 0 bridgehead atoms. The van der Waals surface area contributed by atoms with E-state index in [0.29, 0.717) is 10.9 Å². The smallest absolute Gasteiger partial charge is 0.459 e. The van der Waals surface area contributed by atoms with Crippen molar-refractivity contribution in [1.82, 2.24) is 29.6 Å². The van der Waals surface area contributed by atoms with Crippen molar-refractivity contribution < 1.29 is 46.5 Å². The Hall–Kier alpha value is -4.02. The molecule has 48 heavy (non-hydrogen) atoms. The van der Waals surface area contributed by atoms with Crippen LogP contribution < -0.4 is 20.1 Å². The Bertz CT molecular complexity index is 1850. The first-order valence-electron chi connectivity index (χ1n) is 15.1. The maximum atomic E-state index is 16.5. The summed E-state index contributed by atoms with van der Waals surface area (Å²) in [5.41, 5.74) is 3.15. The number of aliphatic hydroxyl groups excluding tert-OH is 1. The quantitative estimate of drug-likeness (QED) is 0.139. The van der Waals surface area contributed by atoms with E-state index >= 15 is 8.78 Å². The van der Waals surface area contributed by atoms with Crippen LogP contribution in [0, 0.1) is 5.41 Å². The van der Waals surface area contributed by atoms with Gasteiger partial charge in [-0.25, -0.2) is 18.3 Å². The lowest BCUT2D eigenvalue weighted by atomic mass is 9.97. The number of ether oxygens (including phenoxy) is 3. The molecule has 0 aliphatic carbocycles. The van der Waals surface area contributed by atoms with Gasteiger partial charge in [-0.2, -0.15) is 15.1 Å². The molecule has 2 unspecified atom stereocenters. The minimum absolute atomic E-state index is 0.00986. The molecule has 1 aromatic carbocycles. The fourth-order valence-electron chi connectivity index (χ4n) is 4.93. The zero-order chi connectivity index (χ0) is 35.1. The van der Waals surface area contributed by atoms with Crippen molar-refractivity contribution in [2.24, 2.45) is 5.41 Å². The van der Waals surface area contributed by atoms with Crippen molar-refractivity contribution in [1.29, 1.82) is 0 Å². The number of hydrogen-bond acceptors (Lipinski definition) is 13. The van der Waals surface area contributed by atoms with Gasteiger partial charge in [-0.1, -0.05) is 26.8 Å². The van der Waals surface area contributed by atoms with Crippen LogP contribution in [0.2, 0.25) is 0 Å². The molecule has 4 N–H and O–H groups in total. The summed E-state index contributed by atoms with van der Waals surface area (Å²) in [7, 11) is -4.73. The molecular weight excluding hydrogens is 655 g/mol. The average molecular weight is 694 g/mol. The molecule has 6 atom stereocenters. The molecule has 1 fully saturated rings. The van der Waals surface area contributed by atoms with Crippen molar-refractivity contribution in [3.05, 3.63) is 42.9 Å². The van der Waals surface area contributed by atoms with E-state index < -0.39 is 50.2 Å². The minimum Gasteiger partial charge on any atom is -0.476 e. The van der Waals surface area contributed by atoms with Gasteiger partial charge < -0.3 is 29.6 Å². The van der Waals surface area contributed by atoms with Crippen LogP contribution in [0.1, 0.15) is 47.8 Å². The Labute approximate surface area is 274 Å². The van der Waals surface area contributed by atoms with Crippen molar-refractivity contribution in [2.45, 2.75) is 71.4 Å². The number of fused-ring (bicyclic) bond motifs is 2. The summed E-state index contributed by atoms with van der Waals surface area (Å²) >= 11 is 0. The topological polar surface area (TPSA) is 195 Å². The van der Waals surface area contributed by atoms with Crippen molar-refractivity contribution in [2.75, 3.05) is 25.6 Å². The molecule has 3 aromatic heterocycles. The van der Waals surface area contributed by atoms with E-state index in [1.807, 2.05) is 20.8 Å². The first-order valence-corrected chi connectivity index (χ1v) is 16.6. The third-order valence-electron chi connectivity index (χ3n) is 7.28. The Kier molecular flexibility index (Phi) is 9.65. The summed E-state index contributed by atoms with van der Waals surface area (Å²) in [6.07, 6.45) is -1.69. The summed E-state index contributed by atoms with van der Waals surface area (Å²) in [5.74, 6) is -4.29. The van der Waals surface area contributed by atoms with Gasteiger partial charge in [0.15, 0.2) is 29.2 Å². The van der Waals surface area contributed by atoms with Crippen LogP contribution in [0.15, 0.2) is 42.9 Å². The molecule has 0 amide bonds. The van der Waals surface area contributed by atoms with Crippen molar-refractivity contribution in [3.63, 3.8) is 0 Å². The van der Waals surface area contributed by atoms with Crippen LogP contribution in [0.3, 0.4) is 0 Å². The van der Waals surface area contributed by atoms with Gasteiger partial charge in [0.05, 0.1) is 25.1 Å². The van der Waals surface area contributed by atoms with E-state index in [2.05, 4.69) is 25.0 Å². The fourth-order valence-corrected chi connectivity index (χ4v) is 6.45. The molecule has 260 valence electrons. The number of carbonyl (C=O) groups is 1. The molecule has 18 heteroatoms. The first-order chi connectivity index (χ1) is 22.5. The molecule has 0 saturated carbocycles. The molecule has 5 rings (SSSR count). The Morgan fingerprint density at radius 3 is 2.69 bits per heavy atom. The fraction of sp³-hybridized carbons (Fsp3) is 0.500. The Morgan fingerprint density at radius 1 is 1.23 bits per heavy atom. The Balaban J connectivity index is 1.44. The Morgan fingerprint density at radius 2 is 1.98 bits per heavy atom. The van der Waals surface area contributed by atoms with Gasteiger partial charge in [0, 0.05) is 11.6 Å². The lowest BCUT2D eigenvalue weighted by Gasteiger charge is -2.28. The molecule has 1 saturated heterocycles. The van der Waals surface area contributed by atoms with Gasteiger partial charge in [0.25, 0.3) is 5.85 Å². The summed E-state index contributed by atoms with van der Waals surface area (Å²) < 4.78 is 75.6. The van der Waals surface area contributed by atoms with Crippen LogP contribution >= 0.6 is 7.75 Å². The highest BCUT2D eigenvalue weighted by Crippen LogP contribution is 2.52. The summed E-state index contributed by atoms with van der Waals surface area (Å²) in [5, 5.41) is 13.8. The highest BCUT2D eigenvalue weighted by molar-refractivity contribution is 7.52. The lowest BCUT2D eigenvalue weighted by molar-refractivity contribution is -0.202. The lowest BCUT2D eigenvalue weighted by Crippen LogP contribution is -2.47. The normalized spacial score (nSPS) is 24.8. The molecule has 1 aliphatic rings. The highest BCUT2D eigenvalue weighted by atomic mass is 31.2. The molecule has 15 nitrogen and oxygen atoms in total. The number of esters is 1. The third-order valence-corrected chi connectivity index (χ3v) is 8.89. The van der Waals surface area contributed by atoms with Crippen LogP contribution in [-0.4, -0.2) is 79.1 Å². The largest absolute Gasteiger partial charge is 0.476 e. The second-order valence-electron chi connectivity index (χ2n) is 12.7. The molecular formula is C30H38F2N7O8P. The number of nitrogens with one attached hydrogen (secondary N) is 1. The van der Waals surface area contributed by atoms with E-state index in [1.165, 1.54) is 13.0 Å². The summed E-state index contributed by atoms with van der Waals surface area (Å²) in [6.45, 7) is 8.49. The molecule has 4 aromatic rings. The maximum absolute atomic E-state index is 16.5. The van der Waals surface area contributed by atoms with Crippen LogP contribution in [0.25, 0.3) is 22.1 Å². The number of nitrogens with two attached hydrogens (primary N) is 1. The van der Waals surface area contributed by atoms with Crippen LogP contribution in [-0.2, 0) is 23.4 Å². The second kappa shape index (κ2) is 13.1. The third kappa shape index (κ3) is 7.20. The van der Waals surface area contributed by atoms with Gasteiger partial charge in [-0.3, -0.25) is 18.9 Å². The molecule has 0 radical (unpaired) electrons. The summed E-state index contributed by atoms with van der Waals surface area (Å²) in [4.78, 5) is 29.3. The van der Waals surface area contributed by atoms with Crippen LogP contribution in [0.4, 0.5) is 14.7 Å². The van der Waals surface area contributed by atoms with Gasteiger partial charge >= 0.3 is 13.7 Å². The number of anilines is 1. The van der Waals surface area contributed by atoms with Crippen LogP contribution in [0.5, 0.6) is 11.6 Å². The van der Waals surface area contributed by atoms with Crippen molar-refractivity contribution >= 4 is 41.7 Å². The molecule has 4 heterocycles. The first kappa shape index (κ1) is 35.3. The predicted octanol–water partition coefficient (Wildman–Crippen LogP) is 4.41. The summed E-state index contributed by atoms with van der Waals surface area (Å²) in [6, 6.07) is 6.73. The molecule has 0 spiro atoms. The number of alkyl halides is 2. The number of pyridine rings is 1. The highest BCUT2D eigenvalue weighted by Gasteiger charge is 2.65. The number of hydrogen-bond donors (Lipinski definition) is 3. The van der Waals surface area contributed by atoms with Gasteiger partial charge in [-0.15, -0.1) is 0 Å². The number of carbonyl (C=O) groups excluding carboxylic acids is 1. The second-order valence-corrected chi connectivity index (χ2v) is 14.4. The van der Waals surface area contributed by atoms with E-state index in [9.17, 15) is 14.5 Å².